The highest BCUT2D eigenvalue weighted by Gasteiger charge is 2.05. The minimum Gasteiger partial charge on any atom is -0.207 e. The van der Waals surface area contributed by atoms with Crippen molar-refractivity contribution in [1.29, 1.82) is 5.26 Å². The van der Waals surface area contributed by atoms with Crippen LogP contribution in [0.15, 0.2) is 52.3 Å². The number of halogens is 2. The van der Waals surface area contributed by atoms with Crippen molar-refractivity contribution < 1.29 is 4.39 Å². The number of rotatable bonds is 2. The third-order valence-corrected chi connectivity index (χ3v) is 3.55. The lowest BCUT2D eigenvalue weighted by molar-refractivity contribution is 0.623. The van der Waals surface area contributed by atoms with E-state index in [0.717, 1.165) is 4.90 Å². The predicted octanol–water partition coefficient (Wildman–Crippen LogP) is 4.50. The lowest BCUT2D eigenvalue weighted by Crippen LogP contribution is -1.82. The number of benzene rings is 2. The Kier molecular flexibility index (Phi) is 3.68. The Morgan fingerprint density at radius 1 is 1.18 bits per heavy atom. The van der Waals surface area contributed by atoms with Crippen LogP contribution < -0.4 is 0 Å². The summed E-state index contributed by atoms with van der Waals surface area (Å²) >= 11 is 7.34. The molecule has 0 spiro atoms. The minimum absolute atomic E-state index is 0.305. The Labute approximate surface area is 108 Å². The Morgan fingerprint density at radius 3 is 2.65 bits per heavy atom. The molecule has 0 aliphatic rings. The van der Waals surface area contributed by atoms with Gasteiger partial charge in [0.05, 0.1) is 16.7 Å². The summed E-state index contributed by atoms with van der Waals surface area (Å²) in [4.78, 5) is 1.50. The molecule has 2 rings (SSSR count). The van der Waals surface area contributed by atoms with Gasteiger partial charge in [0.15, 0.2) is 0 Å². The molecule has 0 radical (unpaired) electrons. The summed E-state index contributed by atoms with van der Waals surface area (Å²) in [6.07, 6.45) is 0. The molecule has 0 aromatic heterocycles. The Balaban J connectivity index is 2.34. The van der Waals surface area contributed by atoms with E-state index < -0.39 is 5.82 Å². The van der Waals surface area contributed by atoms with Crippen LogP contribution in [0.1, 0.15) is 5.56 Å². The third kappa shape index (κ3) is 3.00. The van der Waals surface area contributed by atoms with Crippen molar-refractivity contribution in [3.05, 3.63) is 58.9 Å². The quantitative estimate of drug-likeness (QED) is 0.796. The minimum atomic E-state index is -0.418. The molecular formula is C13H7ClFNS. The smallest absolute Gasteiger partial charge is 0.125 e. The van der Waals surface area contributed by atoms with Crippen molar-refractivity contribution >= 4 is 23.4 Å². The monoisotopic (exact) mass is 263 g/mol. The van der Waals surface area contributed by atoms with Gasteiger partial charge in [0.25, 0.3) is 0 Å². The molecule has 17 heavy (non-hydrogen) atoms. The first kappa shape index (κ1) is 12.0. The molecule has 0 amide bonds. The molecule has 1 nitrogen and oxygen atoms in total. The van der Waals surface area contributed by atoms with Crippen molar-refractivity contribution in [2.24, 2.45) is 0 Å². The van der Waals surface area contributed by atoms with E-state index in [0.29, 0.717) is 15.5 Å². The fourth-order valence-corrected chi connectivity index (χ4v) is 2.52. The van der Waals surface area contributed by atoms with E-state index in [1.165, 1.54) is 23.9 Å². The van der Waals surface area contributed by atoms with Crippen LogP contribution in [-0.4, -0.2) is 0 Å². The van der Waals surface area contributed by atoms with Crippen LogP contribution in [-0.2, 0) is 0 Å². The molecular weight excluding hydrogens is 257 g/mol. The summed E-state index contributed by atoms with van der Waals surface area (Å²) in [5.41, 5.74) is 0.305. The second-order valence-electron chi connectivity index (χ2n) is 3.32. The molecule has 0 aliphatic carbocycles. The van der Waals surface area contributed by atoms with Gasteiger partial charge in [-0.05, 0) is 30.3 Å². The summed E-state index contributed by atoms with van der Waals surface area (Å²) in [6, 6.07) is 13.5. The predicted molar refractivity (Wildman–Crippen MR) is 66.7 cm³/mol. The van der Waals surface area contributed by atoms with Crippen LogP contribution in [0.4, 0.5) is 4.39 Å². The molecule has 0 saturated carbocycles. The van der Waals surface area contributed by atoms with Crippen molar-refractivity contribution in [2.75, 3.05) is 0 Å². The highest BCUT2D eigenvalue weighted by molar-refractivity contribution is 7.99. The molecule has 2 aromatic rings. The molecule has 0 heterocycles. The van der Waals surface area contributed by atoms with E-state index in [4.69, 9.17) is 16.9 Å². The maximum Gasteiger partial charge on any atom is 0.125 e. The normalized spacial score (nSPS) is 9.94. The molecule has 4 heteroatoms. The molecule has 0 saturated heterocycles. The summed E-state index contributed by atoms with van der Waals surface area (Å²) in [6.45, 7) is 0. The van der Waals surface area contributed by atoms with Crippen LogP contribution >= 0.6 is 23.4 Å². The molecule has 0 unspecified atom stereocenters. The second kappa shape index (κ2) is 5.22. The lowest BCUT2D eigenvalue weighted by Gasteiger charge is -2.04. The summed E-state index contributed by atoms with van der Waals surface area (Å²) in [5.74, 6) is -0.418. The first-order valence-corrected chi connectivity index (χ1v) is 6.01. The van der Waals surface area contributed by atoms with Gasteiger partial charge in [-0.1, -0.05) is 35.5 Å². The van der Waals surface area contributed by atoms with E-state index in [1.54, 1.807) is 12.1 Å². The van der Waals surface area contributed by atoms with Crippen LogP contribution in [0.2, 0.25) is 5.02 Å². The standard InChI is InChI=1S/C13H7ClFNS/c14-12-3-1-2-4-13(12)17-11-6-9(8-16)5-10(15)7-11/h1-7H. The van der Waals surface area contributed by atoms with Gasteiger partial charge in [0, 0.05) is 9.79 Å². The summed E-state index contributed by atoms with van der Waals surface area (Å²) in [5, 5.41) is 9.37. The first-order chi connectivity index (χ1) is 8.19. The fourth-order valence-electron chi connectivity index (χ4n) is 1.34. The van der Waals surface area contributed by atoms with E-state index in [9.17, 15) is 4.39 Å². The van der Waals surface area contributed by atoms with Gasteiger partial charge in [-0.15, -0.1) is 0 Å². The SMILES string of the molecule is N#Cc1cc(F)cc(Sc2ccccc2Cl)c1. The molecule has 0 bridgehead atoms. The number of nitriles is 1. The second-order valence-corrected chi connectivity index (χ2v) is 4.84. The number of hydrogen-bond donors (Lipinski definition) is 0. The van der Waals surface area contributed by atoms with Gasteiger partial charge in [0.1, 0.15) is 5.82 Å². The summed E-state index contributed by atoms with van der Waals surface area (Å²) in [7, 11) is 0. The van der Waals surface area contributed by atoms with Gasteiger partial charge < -0.3 is 0 Å². The zero-order valence-corrected chi connectivity index (χ0v) is 10.2. The van der Waals surface area contributed by atoms with Crippen molar-refractivity contribution in [3.63, 3.8) is 0 Å². The van der Waals surface area contributed by atoms with E-state index in [1.807, 2.05) is 24.3 Å². The molecule has 0 aliphatic heterocycles. The topological polar surface area (TPSA) is 23.8 Å². The third-order valence-electron chi connectivity index (χ3n) is 2.06. The highest BCUT2D eigenvalue weighted by atomic mass is 35.5. The van der Waals surface area contributed by atoms with Gasteiger partial charge in [-0.25, -0.2) is 4.39 Å². The average molecular weight is 264 g/mol. The van der Waals surface area contributed by atoms with Gasteiger partial charge in [-0.3, -0.25) is 0 Å². The Hall–Kier alpha value is -1.50. The Bertz CT molecular complexity index is 592. The van der Waals surface area contributed by atoms with Gasteiger partial charge >= 0.3 is 0 Å². The van der Waals surface area contributed by atoms with Gasteiger partial charge in [-0.2, -0.15) is 5.26 Å². The van der Waals surface area contributed by atoms with E-state index in [2.05, 4.69) is 0 Å². The molecule has 84 valence electrons. The van der Waals surface area contributed by atoms with Crippen LogP contribution in [0.5, 0.6) is 0 Å². The lowest BCUT2D eigenvalue weighted by atomic mass is 10.2. The number of nitrogens with zero attached hydrogens (tertiary/aromatic N) is 1. The number of hydrogen-bond acceptors (Lipinski definition) is 2. The van der Waals surface area contributed by atoms with Crippen LogP contribution in [0.25, 0.3) is 0 Å². The van der Waals surface area contributed by atoms with E-state index in [-0.39, 0.29) is 0 Å². The molecule has 0 atom stereocenters. The summed E-state index contributed by atoms with van der Waals surface area (Å²) < 4.78 is 13.2. The zero-order chi connectivity index (χ0) is 12.3. The highest BCUT2D eigenvalue weighted by Crippen LogP contribution is 2.33. The van der Waals surface area contributed by atoms with Crippen LogP contribution in [0, 0.1) is 17.1 Å². The first-order valence-electron chi connectivity index (χ1n) is 4.82. The van der Waals surface area contributed by atoms with Crippen molar-refractivity contribution in [1.82, 2.24) is 0 Å². The Morgan fingerprint density at radius 2 is 1.94 bits per heavy atom. The van der Waals surface area contributed by atoms with Crippen molar-refractivity contribution in [3.8, 4) is 6.07 Å². The van der Waals surface area contributed by atoms with Crippen molar-refractivity contribution in [2.45, 2.75) is 9.79 Å². The van der Waals surface area contributed by atoms with Crippen LogP contribution in [0.3, 0.4) is 0 Å². The zero-order valence-electron chi connectivity index (χ0n) is 8.65. The fraction of sp³-hybridized carbons (Fsp3) is 0. The van der Waals surface area contributed by atoms with E-state index >= 15 is 0 Å². The molecule has 2 aromatic carbocycles. The maximum absolute atomic E-state index is 13.2. The van der Waals surface area contributed by atoms with Gasteiger partial charge in [0.2, 0.25) is 0 Å². The molecule has 0 N–H and O–H groups in total. The average Bonchev–Trinajstić information content (AvgIpc) is 2.31. The maximum atomic E-state index is 13.2. The molecule has 0 fully saturated rings. The largest absolute Gasteiger partial charge is 0.207 e.